The Morgan fingerprint density at radius 3 is 2.52 bits per heavy atom. The lowest BCUT2D eigenvalue weighted by Crippen LogP contribution is -2.30. The third kappa shape index (κ3) is 5.98. The molecule has 1 aliphatic rings. The average molecular weight is 369 g/mol. The van der Waals surface area contributed by atoms with Crippen LogP contribution in [0.3, 0.4) is 0 Å². The first-order chi connectivity index (χ1) is 11.7. The van der Waals surface area contributed by atoms with Gasteiger partial charge in [0.05, 0.1) is 18.1 Å². The number of ether oxygens (including phenoxy) is 2. The van der Waals surface area contributed by atoms with E-state index in [2.05, 4.69) is 0 Å². The molecule has 0 aromatic heterocycles. The van der Waals surface area contributed by atoms with Crippen LogP contribution >= 0.6 is 11.6 Å². The molecule has 0 spiro atoms. The van der Waals surface area contributed by atoms with E-state index in [0.717, 1.165) is 18.4 Å². The van der Waals surface area contributed by atoms with E-state index in [1.54, 1.807) is 0 Å². The van der Waals surface area contributed by atoms with Gasteiger partial charge in [0.15, 0.2) is 5.79 Å². The van der Waals surface area contributed by atoms with Gasteiger partial charge in [0.1, 0.15) is 0 Å². The first-order valence-corrected chi connectivity index (χ1v) is 9.41. The van der Waals surface area contributed by atoms with Crippen LogP contribution < -0.4 is 0 Å². The van der Waals surface area contributed by atoms with Crippen LogP contribution in [-0.2, 0) is 14.3 Å². The van der Waals surface area contributed by atoms with Gasteiger partial charge in [-0.25, -0.2) is 0 Å². The van der Waals surface area contributed by atoms with Gasteiger partial charge in [0.25, 0.3) is 0 Å². The van der Waals surface area contributed by atoms with Crippen molar-refractivity contribution in [2.24, 2.45) is 5.41 Å². The van der Waals surface area contributed by atoms with Crippen LogP contribution in [0.25, 0.3) is 0 Å². The summed E-state index contributed by atoms with van der Waals surface area (Å²) < 4.78 is 11.4. The van der Waals surface area contributed by atoms with E-state index >= 15 is 0 Å². The minimum absolute atomic E-state index is 0.211. The summed E-state index contributed by atoms with van der Waals surface area (Å²) in [5.41, 5.74) is 0.365. The highest BCUT2D eigenvalue weighted by atomic mass is 35.5. The van der Waals surface area contributed by atoms with E-state index in [4.69, 9.17) is 21.1 Å². The molecule has 5 heteroatoms. The molecule has 1 atom stereocenters. The number of esters is 1. The van der Waals surface area contributed by atoms with Gasteiger partial charge in [-0.15, -0.1) is 0 Å². The summed E-state index contributed by atoms with van der Waals surface area (Å²) in [5, 5.41) is 11.2. The second kappa shape index (κ2) is 8.52. The molecule has 140 valence electrons. The van der Waals surface area contributed by atoms with Crippen LogP contribution in [0.5, 0.6) is 0 Å². The molecule has 1 saturated carbocycles. The zero-order valence-electron chi connectivity index (χ0n) is 15.4. The van der Waals surface area contributed by atoms with Crippen molar-refractivity contribution < 1.29 is 19.4 Å². The quantitative estimate of drug-likeness (QED) is 0.416. The lowest BCUT2D eigenvalue weighted by Gasteiger charge is -2.30. The molecule has 1 fully saturated rings. The molecule has 1 aromatic carbocycles. The predicted molar refractivity (Wildman–Crippen MR) is 98.3 cm³/mol. The second-order valence-corrected chi connectivity index (χ2v) is 8.22. The van der Waals surface area contributed by atoms with Crippen LogP contribution in [-0.4, -0.2) is 23.5 Å². The Labute approximate surface area is 155 Å². The van der Waals surface area contributed by atoms with Crippen molar-refractivity contribution in [3.63, 3.8) is 0 Å². The molecule has 0 unspecified atom stereocenters. The Bertz CT molecular complexity index is 573. The van der Waals surface area contributed by atoms with Gasteiger partial charge in [-0.05, 0) is 58.1 Å². The van der Waals surface area contributed by atoms with Crippen molar-refractivity contribution in [2.45, 2.75) is 71.2 Å². The van der Waals surface area contributed by atoms with Crippen LogP contribution in [0.1, 0.15) is 71.0 Å². The van der Waals surface area contributed by atoms with Crippen molar-refractivity contribution in [1.29, 1.82) is 0 Å². The molecule has 4 nitrogen and oxygen atoms in total. The zero-order chi connectivity index (χ0) is 18.5. The molecular weight excluding hydrogens is 340 g/mol. The summed E-state index contributed by atoms with van der Waals surface area (Å²) in [5.74, 6) is -1.29. The minimum Gasteiger partial charge on any atom is -0.465 e. The normalized spacial score (nSPS) is 18.1. The SMILES string of the molecule is CC(C)(C)C(=O)OCCC[C@@H](OC1(O)CCCC1)c1ccccc1Cl. The molecule has 0 aliphatic heterocycles. The standard InChI is InChI=1S/C20H29ClO4/c1-19(2,3)18(22)24-14-8-11-17(15-9-4-5-10-16(15)21)25-20(23)12-6-7-13-20/h4-5,9-10,17,23H,6-8,11-14H2,1-3H3/t17-/m1/s1. The van der Waals surface area contributed by atoms with Crippen LogP contribution in [0.2, 0.25) is 5.02 Å². The Hall–Kier alpha value is -1.10. The maximum absolute atomic E-state index is 11.8. The Kier molecular flexibility index (Phi) is 6.89. The van der Waals surface area contributed by atoms with Crippen LogP contribution in [0.15, 0.2) is 24.3 Å². The van der Waals surface area contributed by atoms with Crippen LogP contribution in [0.4, 0.5) is 0 Å². The number of rotatable bonds is 7. The number of carbonyl (C=O) groups excluding carboxylic acids is 1. The molecule has 0 amide bonds. The molecule has 0 bridgehead atoms. The second-order valence-electron chi connectivity index (χ2n) is 7.81. The molecule has 1 N–H and O–H groups in total. The van der Waals surface area contributed by atoms with Gasteiger partial charge in [0, 0.05) is 17.9 Å². The first-order valence-electron chi connectivity index (χ1n) is 9.03. The van der Waals surface area contributed by atoms with Crippen molar-refractivity contribution in [2.75, 3.05) is 6.61 Å². The summed E-state index contributed by atoms with van der Waals surface area (Å²) in [4.78, 5) is 11.8. The Morgan fingerprint density at radius 2 is 1.92 bits per heavy atom. The predicted octanol–water partition coefficient (Wildman–Crippen LogP) is 5.03. The highest BCUT2D eigenvalue weighted by molar-refractivity contribution is 6.31. The summed E-state index contributed by atoms with van der Waals surface area (Å²) >= 11 is 6.33. The van der Waals surface area contributed by atoms with Crippen molar-refractivity contribution in [1.82, 2.24) is 0 Å². The Balaban J connectivity index is 1.98. The smallest absolute Gasteiger partial charge is 0.311 e. The highest BCUT2D eigenvalue weighted by Gasteiger charge is 2.35. The lowest BCUT2D eigenvalue weighted by atomic mass is 9.97. The van der Waals surface area contributed by atoms with Gasteiger partial charge >= 0.3 is 5.97 Å². The van der Waals surface area contributed by atoms with Gasteiger partial charge in [-0.3, -0.25) is 4.79 Å². The molecule has 0 heterocycles. The van der Waals surface area contributed by atoms with Crippen molar-refractivity contribution in [3.8, 4) is 0 Å². The number of halogens is 1. The molecule has 1 aliphatic carbocycles. The van der Waals surface area contributed by atoms with E-state index in [9.17, 15) is 9.90 Å². The Morgan fingerprint density at radius 1 is 1.28 bits per heavy atom. The van der Waals surface area contributed by atoms with Gasteiger partial charge < -0.3 is 14.6 Å². The minimum atomic E-state index is -1.08. The lowest BCUT2D eigenvalue weighted by molar-refractivity contribution is -0.229. The molecule has 1 aromatic rings. The van der Waals surface area contributed by atoms with E-state index < -0.39 is 11.2 Å². The van der Waals surface area contributed by atoms with Crippen molar-refractivity contribution in [3.05, 3.63) is 34.9 Å². The van der Waals surface area contributed by atoms with E-state index in [-0.39, 0.29) is 12.1 Å². The largest absolute Gasteiger partial charge is 0.465 e. The monoisotopic (exact) mass is 368 g/mol. The van der Waals surface area contributed by atoms with Gasteiger partial charge in [-0.2, -0.15) is 0 Å². The third-order valence-corrected chi connectivity index (χ3v) is 4.80. The summed E-state index contributed by atoms with van der Waals surface area (Å²) in [6, 6.07) is 7.53. The highest BCUT2D eigenvalue weighted by Crippen LogP contribution is 2.38. The number of benzene rings is 1. The average Bonchev–Trinajstić information content (AvgIpc) is 2.96. The number of aliphatic hydroxyl groups is 1. The van der Waals surface area contributed by atoms with E-state index in [1.165, 1.54) is 0 Å². The molecule has 0 radical (unpaired) electrons. The topological polar surface area (TPSA) is 55.8 Å². The summed E-state index contributed by atoms with van der Waals surface area (Å²) in [6.45, 7) is 5.83. The van der Waals surface area contributed by atoms with E-state index in [0.29, 0.717) is 37.3 Å². The molecular formula is C20H29ClO4. The number of hydrogen-bond donors (Lipinski definition) is 1. The fourth-order valence-electron chi connectivity index (χ4n) is 2.97. The van der Waals surface area contributed by atoms with Crippen LogP contribution in [0, 0.1) is 5.41 Å². The number of carbonyl (C=O) groups is 1. The molecule has 0 saturated heterocycles. The fourth-order valence-corrected chi connectivity index (χ4v) is 3.23. The molecule has 25 heavy (non-hydrogen) atoms. The summed E-state index contributed by atoms with van der Waals surface area (Å²) in [7, 11) is 0. The van der Waals surface area contributed by atoms with Gasteiger partial charge in [0.2, 0.25) is 0 Å². The zero-order valence-corrected chi connectivity index (χ0v) is 16.1. The number of hydrogen-bond acceptors (Lipinski definition) is 4. The maximum atomic E-state index is 11.8. The fraction of sp³-hybridized carbons (Fsp3) is 0.650. The van der Waals surface area contributed by atoms with Gasteiger partial charge in [-0.1, -0.05) is 29.8 Å². The maximum Gasteiger partial charge on any atom is 0.311 e. The summed E-state index contributed by atoms with van der Waals surface area (Å²) in [6.07, 6.45) is 4.19. The molecule has 2 rings (SSSR count). The van der Waals surface area contributed by atoms with E-state index in [1.807, 2.05) is 45.0 Å². The third-order valence-electron chi connectivity index (χ3n) is 4.45. The van der Waals surface area contributed by atoms with Crippen molar-refractivity contribution >= 4 is 17.6 Å². The first kappa shape index (κ1) is 20.2.